The largest absolute Gasteiger partial charge is 0.492 e. The van der Waals surface area contributed by atoms with Crippen molar-refractivity contribution < 1.29 is 19.1 Å². The topological polar surface area (TPSA) is 131 Å². The highest BCUT2D eigenvalue weighted by Gasteiger charge is 2.41. The number of benzene rings is 2. The first-order chi connectivity index (χ1) is 16.9. The van der Waals surface area contributed by atoms with E-state index in [1.54, 1.807) is 0 Å². The molecule has 4 N–H and O–H groups in total. The third-order valence-electron chi connectivity index (χ3n) is 6.98. The zero-order valence-electron chi connectivity index (χ0n) is 19.2. The maximum absolute atomic E-state index is 13.6. The number of likely N-dealkylation sites (tertiary alicyclic amines) is 1. The van der Waals surface area contributed by atoms with Gasteiger partial charge in [0, 0.05) is 44.3 Å². The molecule has 184 valence electrons. The van der Waals surface area contributed by atoms with Crippen LogP contribution in [-0.2, 0) is 21.6 Å². The van der Waals surface area contributed by atoms with Crippen LogP contribution in [-0.4, -0.2) is 53.4 Å². The van der Waals surface area contributed by atoms with Crippen LogP contribution in [0.5, 0.6) is 5.75 Å². The number of unbranched alkanes of at least 4 members (excludes halogenated alkanes) is 1. The number of nitrogen functional groups attached to an aromatic ring is 1. The molecule has 9 nitrogen and oxygen atoms in total. The van der Waals surface area contributed by atoms with Crippen LogP contribution in [0.2, 0.25) is 5.02 Å². The fourth-order valence-electron chi connectivity index (χ4n) is 5.05. The number of rotatable bonds is 7. The van der Waals surface area contributed by atoms with Crippen molar-refractivity contribution in [2.45, 2.75) is 37.7 Å². The van der Waals surface area contributed by atoms with Crippen LogP contribution in [0.1, 0.15) is 47.2 Å². The van der Waals surface area contributed by atoms with Crippen LogP contribution in [0.15, 0.2) is 29.1 Å². The lowest BCUT2D eigenvalue weighted by Crippen LogP contribution is -2.45. The van der Waals surface area contributed by atoms with E-state index in [1.165, 1.54) is 6.07 Å². The molecule has 1 fully saturated rings. The lowest BCUT2D eigenvalue weighted by atomic mass is 9.83. The van der Waals surface area contributed by atoms with Crippen molar-refractivity contribution in [2.75, 3.05) is 32.0 Å². The van der Waals surface area contributed by atoms with Gasteiger partial charge in [0.15, 0.2) is 0 Å². The lowest BCUT2D eigenvalue weighted by molar-refractivity contribution is -0.108. The molecule has 3 aromatic rings. The first-order valence-electron chi connectivity index (χ1n) is 11.8. The Morgan fingerprint density at radius 1 is 1.23 bits per heavy atom. The van der Waals surface area contributed by atoms with Gasteiger partial charge in [0.25, 0.3) is 0 Å². The number of nitrogens with one attached hydrogen (secondary N) is 2. The molecule has 1 aromatic heterocycles. The van der Waals surface area contributed by atoms with E-state index in [1.807, 2.05) is 18.2 Å². The van der Waals surface area contributed by atoms with Gasteiger partial charge in [-0.3, -0.25) is 0 Å². The van der Waals surface area contributed by atoms with E-state index in [9.17, 15) is 14.4 Å². The summed E-state index contributed by atoms with van der Waals surface area (Å²) in [5.41, 5.74) is 8.47. The van der Waals surface area contributed by atoms with E-state index in [0.29, 0.717) is 72.9 Å². The second-order valence-electron chi connectivity index (χ2n) is 9.10. The first kappa shape index (κ1) is 23.4. The number of anilines is 1. The molecular formula is C25H27ClN4O5. The molecule has 1 saturated heterocycles. The molecule has 2 aliphatic rings. The number of carbonyl (C=O) groups is 2. The van der Waals surface area contributed by atoms with Crippen LogP contribution in [0.25, 0.3) is 11.0 Å². The van der Waals surface area contributed by atoms with Gasteiger partial charge in [-0.25, -0.2) is 9.59 Å². The number of piperidine rings is 1. The number of H-pyrrole nitrogens is 2. The van der Waals surface area contributed by atoms with Gasteiger partial charge in [0.05, 0.1) is 28.4 Å². The second-order valence-corrected chi connectivity index (χ2v) is 9.51. The SMILES string of the molecule is Nc1c(Cl)cc(C(=O)OC2(c3ccc4[nH]c(=O)[nH]c4c3)CCN(CCCC=O)CC2)c2c1CCO2. The van der Waals surface area contributed by atoms with Gasteiger partial charge in [-0.1, -0.05) is 17.7 Å². The van der Waals surface area contributed by atoms with Crippen LogP contribution in [0, 0.1) is 0 Å². The van der Waals surface area contributed by atoms with Crippen molar-refractivity contribution in [3.05, 3.63) is 56.5 Å². The summed E-state index contributed by atoms with van der Waals surface area (Å²) in [5, 5.41) is 0.298. The predicted molar refractivity (Wildman–Crippen MR) is 132 cm³/mol. The van der Waals surface area contributed by atoms with Gasteiger partial charge < -0.3 is 34.9 Å². The van der Waals surface area contributed by atoms with E-state index in [4.69, 9.17) is 26.8 Å². The summed E-state index contributed by atoms with van der Waals surface area (Å²) in [6, 6.07) is 7.08. The minimum absolute atomic E-state index is 0.264. The molecule has 2 aromatic carbocycles. The Morgan fingerprint density at radius 3 is 2.77 bits per heavy atom. The van der Waals surface area contributed by atoms with Crippen molar-refractivity contribution in [3.63, 3.8) is 0 Å². The minimum Gasteiger partial charge on any atom is -0.492 e. The number of carbonyl (C=O) groups excluding carboxylic acids is 2. The molecule has 3 heterocycles. The number of aldehydes is 1. The Morgan fingerprint density at radius 2 is 2.00 bits per heavy atom. The van der Waals surface area contributed by atoms with Crippen LogP contribution in [0.3, 0.4) is 0 Å². The molecule has 35 heavy (non-hydrogen) atoms. The van der Waals surface area contributed by atoms with Gasteiger partial charge in [-0.2, -0.15) is 0 Å². The molecule has 2 aliphatic heterocycles. The second kappa shape index (κ2) is 9.39. The number of halogens is 1. The summed E-state index contributed by atoms with van der Waals surface area (Å²) in [5.74, 6) is -0.0918. The molecule has 0 amide bonds. The highest BCUT2D eigenvalue weighted by Crippen LogP contribution is 2.42. The lowest BCUT2D eigenvalue weighted by Gasteiger charge is -2.41. The molecule has 10 heteroatoms. The summed E-state index contributed by atoms with van der Waals surface area (Å²) in [4.78, 5) is 43.8. The minimum atomic E-state index is -0.903. The normalized spacial score (nSPS) is 17.2. The highest BCUT2D eigenvalue weighted by molar-refractivity contribution is 6.33. The maximum atomic E-state index is 13.6. The van der Waals surface area contributed by atoms with E-state index in [-0.39, 0.29) is 11.3 Å². The van der Waals surface area contributed by atoms with Crippen molar-refractivity contribution >= 4 is 40.6 Å². The van der Waals surface area contributed by atoms with Crippen LogP contribution in [0.4, 0.5) is 5.69 Å². The van der Waals surface area contributed by atoms with Crippen molar-refractivity contribution in [2.24, 2.45) is 0 Å². The zero-order chi connectivity index (χ0) is 24.6. The smallest absolute Gasteiger partial charge is 0.342 e. The van der Waals surface area contributed by atoms with Gasteiger partial charge in [-0.15, -0.1) is 0 Å². The fourth-order valence-corrected chi connectivity index (χ4v) is 5.28. The van der Waals surface area contributed by atoms with E-state index >= 15 is 0 Å². The van der Waals surface area contributed by atoms with E-state index in [2.05, 4.69) is 14.9 Å². The van der Waals surface area contributed by atoms with E-state index < -0.39 is 11.6 Å². The van der Waals surface area contributed by atoms with Crippen molar-refractivity contribution in [3.8, 4) is 5.75 Å². The van der Waals surface area contributed by atoms with Crippen molar-refractivity contribution in [1.29, 1.82) is 0 Å². The Hall–Kier alpha value is -3.30. The first-order valence-corrected chi connectivity index (χ1v) is 12.1. The van der Waals surface area contributed by atoms with Crippen molar-refractivity contribution in [1.82, 2.24) is 14.9 Å². The van der Waals surface area contributed by atoms with E-state index in [0.717, 1.165) is 30.4 Å². The summed E-state index contributed by atoms with van der Waals surface area (Å²) in [7, 11) is 0. The third kappa shape index (κ3) is 4.41. The molecule has 0 bridgehead atoms. The monoisotopic (exact) mass is 498 g/mol. The molecule has 0 aliphatic carbocycles. The molecule has 5 rings (SSSR count). The average Bonchev–Trinajstić information content (AvgIpc) is 3.48. The number of nitrogens with two attached hydrogens (primary N) is 1. The highest BCUT2D eigenvalue weighted by atomic mass is 35.5. The Labute approximate surface area is 206 Å². The third-order valence-corrected chi connectivity index (χ3v) is 7.29. The van der Waals surface area contributed by atoms with Crippen LogP contribution < -0.4 is 16.2 Å². The number of aromatic nitrogens is 2. The summed E-state index contributed by atoms with van der Waals surface area (Å²) < 4.78 is 12.0. The Bertz CT molecular complexity index is 1340. The number of ether oxygens (including phenoxy) is 2. The Balaban J connectivity index is 1.48. The summed E-state index contributed by atoms with van der Waals surface area (Å²) in [6.07, 6.45) is 3.95. The predicted octanol–water partition coefficient (Wildman–Crippen LogP) is 3.15. The standard InChI is InChI=1S/C25H27ClN4O5/c26-18-14-17(22-16(21(18)27)5-12-34-22)23(32)35-25(6-9-30(10-7-25)8-1-2-11-31)15-3-4-19-20(13-15)29-24(33)28-19/h3-4,11,13-14H,1-2,5-10,12,27H2,(H2,28,29,33). The molecule has 0 radical (unpaired) electrons. The van der Waals surface area contributed by atoms with Gasteiger partial charge in [0.2, 0.25) is 0 Å². The number of imidazole rings is 1. The number of hydrogen-bond donors (Lipinski definition) is 3. The maximum Gasteiger partial charge on any atom is 0.342 e. The molecule has 0 unspecified atom stereocenters. The average molecular weight is 499 g/mol. The Kier molecular flexibility index (Phi) is 6.29. The molecule has 0 spiro atoms. The number of fused-ring (bicyclic) bond motifs is 2. The number of hydrogen-bond acceptors (Lipinski definition) is 7. The zero-order valence-corrected chi connectivity index (χ0v) is 20.0. The van der Waals surface area contributed by atoms with Gasteiger partial charge >= 0.3 is 11.7 Å². The number of nitrogens with zero attached hydrogens (tertiary/aromatic N) is 1. The molecule has 0 saturated carbocycles. The number of esters is 1. The summed E-state index contributed by atoms with van der Waals surface area (Å²) in [6.45, 7) is 2.64. The molecule has 0 atom stereocenters. The molecular weight excluding hydrogens is 472 g/mol. The summed E-state index contributed by atoms with van der Waals surface area (Å²) >= 11 is 6.33. The fraction of sp³-hybridized carbons (Fsp3) is 0.400. The van der Waals surface area contributed by atoms with Gasteiger partial charge in [0.1, 0.15) is 23.2 Å². The quantitative estimate of drug-likeness (QED) is 0.197. The van der Waals surface area contributed by atoms with Gasteiger partial charge in [-0.05, 0) is 36.7 Å². The van der Waals surface area contributed by atoms with Crippen LogP contribution >= 0.6 is 11.6 Å². The number of aromatic amines is 2.